The molecular formula is C14H8Br3FN2. The van der Waals surface area contributed by atoms with Gasteiger partial charge in [0.2, 0.25) is 0 Å². The summed E-state index contributed by atoms with van der Waals surface area (Å²) in [6.07, 6.45) is 0. The van der Waals surface area contributed by atoms with E-state index in [1.165, 1.54) is 18.2 Å². The third-order valence-electron chi connectivity index (χ3n) is 2.65. The average molecular weight is 463 g/mol. The van der Waals surface area contributed by atoms with Crippen LogP contribution >= 0.6 is 47.8 Å². The van der Waals surface area contributed by atoms with E-state index < -0.39 is 0 Å². The van der Waals surface area contributed by atoms with Crippen LogP contribution in [0.5, 0.6) is 0 Å². The molecule has 2 aromatic carbocycles. The first-order chi connectivity index (χ1) is 9.51. The number of nitrogens with zero attached hydrogens (tertiary/aromatic N) is 1. The maximum atomic E-state index is 13.3. The number of benzene rings is 2. The average Bonchev–Trinajstić information content (AvgIpc) is 2.37. The second-order valence-electron chi connectivity index (χ2n) is 4.01. The molecule has 0 atom stereocenters. The van der Waals surface area contributed by atoms with Crippen molar-refractivity contribution < 1.29 is 4.39 Å². The van der Waals surface area contributed by atoms with Crippen LogP contribution in [-0.4, -0.2) is 0 Å². The minimum absolute atomic E-state index is 0.352. The summed E-state index contributed by atoms with van der Waals surface area (Å²) in [6.45, 7) is 0.361. The molecule has 1 N–H and O–H groups in total. The molecule has 0 saturated heterocycles. The molecule has 0 aromatic heterocycles. The van der Waals surface area contributed by atoms with Gasteiger partial charge in [-0.1, -0.05) is 15.9 Å². The van der Waals surface area contributed by atoms with Crippen molar-refractivity contribution in [2.45, 2.75) is 6.54 Å². The second kappa shape index (κ2) is 6.70. The van der Waals surface area contributed by atoms with Gasteiger partial charge in [0.1, 0.15) is 5.82 Å². The van der Waals surface area contributed by atoms with Crippen LogP contribution in [0.2, 0.25) is 0 Å². The number of hydrogen-bond donors (Lipinski definition) is 1. The van der Waals surface area contributed by atoms with E-state index in [1.54, 1.807) is 0 Å². The van der Waals surface area contributed by atoms with E-state index in [2.05, 4.69) is 59.2 Å². The molecule has 2 rings (SSSR count). The van der Waals surface area contributed by atoms with E-state index in [4.69, 9.17) is 5.26 Å². The highest BCUT2D eigenvalue weighted by atomic mass is 79.9. The van der Waals surface area contributed by atoms with Crippen LogP contribution in [-0.2, 0) is 6.54 Å². The first-order valence-corrected chi connectivity index (χ1v) is 7.96. The lowest BCUT2D eigenvalue weighted by atomic mass is 10.1. The molecule has 2 nitrogen and oxygen atoms in total. The van der Waals surface area contributed by atoms with E-state index in [0.717, 1.165) is 19.1 Å². The standard InChI is InChI=1S/C14H8Br3FN2/c15-10-4-12(16)14(13(17)5-10)20-7-9-3-11(18)2-1-8(9)6-19/h1-5,20H,7H2. The van der Waals surface area contributed by atoms with Gasteiger partial charge in [-0.2, -0.15) is 5.26 Å². The van der Waals surface area contributed by atoms with Gasteiger partial charge in [0.15, 0.2) is 0 Å². The molecule has 0 saturated carbocycles. The van der Waals surface area contributed by atoms with Crippen LogP contribution in [0.1, 0.15) is 11.1 Å². The number of nitriles is 1. The molecule has 0 spiro atoms. The minimum atomic E-state index is -0.352. The number of nitrogens with one attached hydrogen (secondary N) is 1. The summed E-state index contributed by atoms with van der Waals surface area (Å²) >= 11 is 10.3. The van der Waals surface area contributed by atoms with Gasteiger partial charge in [0.05, 0.1) is 17.3 Å². The van der Waals surface area contributed by atoms with Crippen LogP contribution in [0.4, 0.5) is 10.1 Å². The Kier molecular flexibility index (Phi) is 5.19. The number of anilines is 1. The lowest BCUT2D eigenvalue weighted by Crippen LogP contribution is -2.03. The Morgan fingerprint density at radius 1 is 1.10 bits per heavy atom. The summed E-state index contributed by atoms with van der Waals surface area (Å²) in [6, 6.07) is 10.0. The monoisotopic (exact) mass is 460 g/mol. The van der Waals surface area contributed by atoms with Crippen LogP contribution < -0.4 is 5.32 Å². The zero-order valence-electron chi connectivity index (χ0n) is 10.1. The van der Waals surface area contributed by atoms with Crippen molar-refractivity contribution in [3.63, 3.8) is 0 Å². The van der Waals surface area contributed by atoms with Gasteiger partial charge in [-0.05, 0) is 67.8 Å². The van der Waals surface area contributed by atoms with E-state index in [9.17, 15) is 4.39 Å². The predicted molar refractivity (Wildman–Crippen MR) is 88.0 cm³/mol. The molecule has 102 valence electrons. The Morgan fingerprint density at radius 3 is 2.35 bits per heavy atom. The lowest BCUT2D eigenvalue weighted by Gasteiger charge is -2.12. The van der Waals surface area contributed by atoms with Crippen molar-refractivity contribution in [2.75, 3.05) is 5.32 Å². The Balaban J connectivity index is 2.26. The van der Waals surface area contributed by atoms with Crippen molar-refractivity contribution >= 4 is 53.5 Å². The molecular weight excluding hydrogens is 455 g/mol. The molecule has 20 heavy (non-hydrogen) atoms. The van der Waals surface area contributed by atoms with Gasteiger partial charge in [0.25, 0.3) is 0 Å². The van der Waals surface area contributed by atoms with Crippen LogP contribution in [0.25, 0.3) is 0 Å². The fourth-order valence-electron chi connectivity index (χ4n) is 1.71. The molecule has 0 amide bonds. The Morgan fingerprint density at radius 2 is 1.75 bits per heavy atom. The van der Waals surface area contributed by atoms with Gasteiger partial charge in [-0.3, -0.25) is 0 Å². The number of hydrogen-bond acceptors (Lipinski definition) is 2. The summed E-state index contributed by atoms with van der Waals surface area (Å²) in [4.78, 5) is 0. The maximum absolute atomic E-state index is 13.3. The predicted octanol–water partition coefficient (Wildman–Crippen LogP) is 5.60. The van der Waals surface area contributed by atoms with Gasteiger partial charge in [-0.25, -0.2) is 4.39 Å². The highest BCUT2D eigenvalue weighted by molar-refractivity contribution is 9.11. The van der Waals surface area contributed by atoms with Crippen molar-refractivity contribution in [1.29, 1.82) is 5.26 Å². The smallest absolute Gasteiger partial charge is 0.123 e. The first-order valence-electron chi connectivity index (χ1n) is 5.58. The largest absolute Gasteiger partial charge is 0.379 e. The van der Waals surface area contributed by atoms with Gasteiger partial charge in [0, 0.05) is 20.0 Å². The molecule has 0 heterocycles. The normalized spacial score (nSPS) is 10.2. The third-order valence-corrected chi connectivity index (χ3v) is 4.36. The Hall–Kier alpha value is -0.900. The molecule has 2 aromatic rings. The van der Waals surface area contributed by atoms with Crippen LogP contribution in [0, 0.1) is 17.1 Å². The van der Waals surface area contributed by atoms with E-state index in [-0.39, 0.29) is 5.82 Å². The fraction of sp³-hybridized carbons (Fsp3) is 0.0714. The Labute approximate surface area is 141 Å². The van der Waals surface area contributed by atoms with E-state index >= 15 is 0 Å². The zero-order chi connectivity index (χ0) is 14.7. The van der Waals surface area contributed by atoms with E-state index in [1.807, 2.05) is 12.1 Å². The fourth-order valence-corrected chi connectivity index (χ4v) is 4.25. The van der Waals surface area contributed by atoms with Gasteiger partial charge < -0.3 is 5.32 Å². The summed E-state index contributed by atoms with van der Waals surface area (Å²) in [5.74, 6) is -0.352. The summed E-state index contributed by atoms with van der Waals surface area (Å²) in [7, 11) is 0. The minimum Gasteiger partial charge on any atom is -0.379 e. The molecule has 0 aliphatic carbocycles. The van der Waals surface area contributed by atoms with Crippen LogP contribution in [0.15, 0.2) is 43.7 Å². The molecule has 0 bridgehead atoms. The second-order valence-corrected chi connectivity index (χ2v) is 6.64. The highest BCUT2D eigenvalue weighted by Gasteiger charge is 2.09. The quantitative estimate of drug-likeness (QED) is 0.644. The lowest BCUT2D eigenvalue weighted by molar-refractivity contribution is 0.625. The van der Waals surface area contributed by atoms with Gasteiger partial charge >= 0.3 is 0 Å². The summed E-state index contributed by atoms with van der Waals surface area (Å²) < 4.78 is 15.9. The molecule has 0 unspecified atom stereocenters. The number of rotatable bonds is 3. The molecule has 0 aliphatic heterocycles. The van der Waals surface area contributed by atoms with Crippen molar-refractivity contribution in [1.82, 2.24) is 0 Å². The van der Waals surface area contributed by atoms with E-state index in [0.29, 0.717) is 17.7 Å². The molecule has 6 heteroatoms. The third kappa shape index (κ3) is 3.60. The molecule has 0 fully saturated rings. The highest BCUT2D eigenvalue weighted by Crippen LogP contribution is 2.34. The molecule has 0 radical (unpaired) electrons. The summed E-state index contributed by atoms with van der Waals surface area (Å²) in [5, 5.41) is 12.2. The van der Waals surface area contributed by atoms with Crippen molar-refractivity contribution in [2.24, 2.45) is 0 Å². The topological polar surface area (TPSA) is 35.8 Å². The SMILES string of the molecule is N#Cc1ccc(F)cc1CNc1c(Br)cc(Br)cc1Br. The van der Waals surface area contributed by atoms with Crippen molar-refractivity contribution in [3.8, 4) is 6.07 Å². The van der Waals surface area contributed by atoms with Gasteiger partial charge in [-0.15, -0.1) is 0 Å². The molecule has 0 aliphatic rings. The Bertz CT molecular complexity index is 672. The van der Waals surface area contributed by atoms with Crippen LogP contribution in [0.3, 0.4) is 0 Å². The zero-order valence-corrected chi connectivity index (χ0v) is 14.8. The summed E-state index contributed by atoms with van der Waals surface area (Å²) in [5.41, 5.74) is 1.93. The number of halogens is 4. The maximum Gasteiger partial charge on any atom is 0.123 e. The van der Waals surface area contributed by atoms with Crippen molar-refractivity contribution in [3.05, 3.63) is 60.7 Å². The first kappa shape index (κ1) is 15.5.